The van der Waals surface area contributed by atoms with Crippen molar-refractivity contribution in [3.05, 3.63) is 157 Å². The maximum Gasteiger partial charge on any atom is 0.0972 e. The smallest absolute Gasteiger partial charge is 0.0972 e. The largest absolute Gasteiger partial charge is 0.254 e. The summed E-state index contributed by atoms with van der Waals surface area (Å²) in [7, 11) is 0. The van der Waals surface area contributed by atoms with Crippen molar-refractivity contribution in [3.8, 4) is 33.5 Å². The molecule has 0 bridgehead atoms. The summed E-state index contributed by atoms with van der Waals surface area (Å²) in [6.07, 6.45) is 1.86. The minimum Gasteiger partial charge on any atom is -0.254 e. The van der Waals surface area contributed by atoms with Crippen molar-refractivity contribution in [2.24, 2.45) is 0 Å². The van der Waals surface area contributed by atoms with Crippen LogP contribution in [0.2, 0.25) is 0 Å². The van der Waals surface area contributed by atoms with Crippen molar-refractivity contribution >= 4 is 74.9 Å². The molecule has 0 saturated heterocycles. The van der Waals surface area contributed by atoms with E-state index in [9.17, 15) is 0 Å². The highest BCUT2D eigenvalue weighted by molar-refractivity contribution is 7.26. The molecule has 50 heavy (non-hydrogen) atoms. The zero-order chi connectivity index (χ0) is 33.1. The molecule has 0 N–H and O–H groups in total. The van der Waals surface area contributed by atoms with Crippen molar-refractivity contribution in [2.75, 3.05) is 0 Å². The van der Waals surface area contributed by atoms with Crippen molar-refractivity contribution in [1.82, 2.24) is 9.97 Å². The first-order valence-electron chi connectivity index (χ1n) is 17.2. The molecule has 3 heterocycles. The van der Waals surface area contributed by atoms with E-state index < -0.39 is 0 Å². The summed E-state index contributed by atoms with van der Waals surface area (Å²) in [5.74, 6) is 0. The molecule has 1 aliphatic rings. The van der Waals surface area contributed by atoms with Crippen LogP contribution in [-0.2, 0) is 5.41 Å². The van der Waals surface area contributed by atoms with E-state index in [1.165, 1.54) is 75.1 Å². The highest BCUT2D eigenvalue weighted by Crippen LogP contribution is 2.55. The number of nitrogens with zero attached hydrogens (tertiary/aromatic N) is 2. The lowest BCUT2D eigenvalue weighted by molar-refractivity contribution is 0.667. The van der Waals surface area contributed by atoms with Gasteiger partial charge in [0.05, 0.1) is 16.7 Å². The zero-order valence-corrected chi connectivity index (χ0v) is 28.5. The highest BCUT2D eigenvalue weighted by atomic mass is 32.1. The summed E-state index contributed by atoms with van der Waals surface area (Å²) in [5.41, 5.74) is 11.9. The fourth-order valence-electron chi connectivity index (χ4n) is 8.80. The van der Waals surface area contributed by atoms with E-state index in [1.54, 1.807) is 0 Å². The van der Waals surface area contributed by atoms with E-state index in [1.807, 2.05) is 23.6 Å². The van der Waals surface area contributed by atoms with Gasteiger partial charge in [0.1, 0.15) is 0 Å². The Morgan fingerprint density at radius 1 is 0.520 bits per heavy atom. The van der Waals surface area contributed by atoms with Gasteiger partial charge in [-0.1, -0.05) is 129 Å². The molecular formula is C47H30N2S. The number of benzene rings is 7. The number of rotatable bonds is 2. The summed E-state index contributed by atoms with van der Waals surface area (Å²) in [5, 5.41) is 9.80. The van der Waals surface area contributed by atoms with Crippen LogP contribution >= 0.6 is 11.3 Å². The number of aromatic nitrogens is 2. The Bertz CT molecular complexity index is 3020. The summed E-state index contributed by atoms with van der Waals surface area (Å²) >= 11 is 1.93. The van der Waals surface area contributed by atoms with Crippen molar-refractivity contribution in [2.45, 2.75) is 19.3 Å². The Morgan fingerprint density at radius 3 is 1.92 bits per heavy atom. The molecule has 0 amide bonds. The lowest BCUT2D eigenvalue weighted by Crippen LogP contribution is -2.15. The standard InChI is InChI=1S/C47H30N2S/c1-47(2)38-26-29(19-21-30(38)36-22-23-37-31-11-7-8-16-40(31)50-46(37)43(36)47)41-32-12-3-5-14-34(32)42(35-15-6-4-13-33(35)41)39-24-20-28-18-17-27-10-9-25-48-44(27)45(28)49-39/h3-26H,1-2H3. The normalized spacial score (nSPS) is 13.6. The summed E-state index contributed by atoms with van der Waals surface area (Å²) in [6.45, 7) is 4.82. The third-order valence-corrected chi connectivity index (χ3v) is 12.3. The first kappa shape index (κ1) is 28.0. The second-order valence-corrected chi connectivity index (χ2v) is 15.2. The SMILES string of the molecule is CC1(C)c2cc(-c3c4ccccc4c(-c4ccc5ccc6cccnc6c5n4)c4ccccc34)ccc2-c2ccc3c(sc4ccccc43)c21. The van der Waals surface area contributed by atoms with Crippen LogP contribution in [0.3, 0.4) is 0 Å². The molecule has 0 saturated carbocycles. The molecule has 0 fully saturated rings. The van der Waals surface area contributed by atoms with E-state index in [0.717, 1.165) is 33.1 Å². The van der Waals surface area contributed by atoms with E-state index in [0.29, 0.717) is 0 Å². The van der Waals surface area contributed by atoms with Gasteiger partial charge in [0, 0.05) is 48.1 Å². The number of thiophene rings is 1. The van der Waals surface area contributed by atoms with Gasteiger partial charge in [-0.2, -0.15) is 0 Å². The number of fused-ring (bicyclic) bond motifs is 12. The average Bonchev–Trinajstić information content (AvgIpc) is 3.65. The second kappa shape index (κ2) is 10.1. The number of hydrogen-bond donors (Lipinski definition) is 0. The highest BCUT2D eigenvalue weighted by Gasteiger charge is 2.38. The van der Waals surface area contributed by atoms with Crippen LogP contribution in [0.5, 0.6) is 0 Å². The molecule has 10 aromatic rings. The molecule has 3 heteroatoms. The Morgan fingerprint density at radius 2 is 1.16 bits per heavy atom. The third-order valence-electron chi connectivity index (χ3n) is 11.1. The molecule has 0 spiro atoms. The lowest BCUT2D eigenvalue weighted by Gasteiger charge is -2.23. The Labute approximate surface area is 293 Å². The fraction of sp³-hybridized carbons (Fsp3) is 0.0638. The molecule has 234 valence electrons. The van der Waals surface area contributed by atoms with Gasteiger partial charge in [0.25, 0.3) is 0 Å². The average molecular weight is 655 g/mol. The van der Waals surface area contributed by atoms with Crippen LogP contribution in [-0.4, -0.2) is 9.97 Å². The first-order chi connectivity index (χ1) is 24.6. The van der Waals surface area contributed by atoms with Crippen LogP contribution in [0.4, 0.5) is 0 Å². The van der Waals surface area contributed by atoms with Gasteiger partial charge in [-0.3, -0.25) is 4.98 Å². The fourth-order valence-corrected chi connectivity index (χ4v) is 10.2. The molecule has 3 aromatic heterocycles. The summed E-state index contributed by atoms with van der Waals surface area (Å²) < 4.78 is 2.77. The van der Waals surface area contributed by atoms with Crippen molar-refractivity contribution in [3.63, 3.8) is 0 Å². The minimum atomic E-state index is -0.140. The third kappa shape index (κ3) is 3.73. The molecule has 11 rings (SSSR count). The predicted octanol–water partition coefficient (Wildman–Crippen LogP) is 13.1. The van der Waals surface area contributed by atoms with Crippen LogP contribution in [0, 0.1) is 0 Å². The molecule has 0 atom stereocenters. The van der Waals surface area contributed by atoms with Gasteiger partial charge >= 0.3 is 0 Å². The van der Waals surface area contributed by atoms with E-state index in [2.05, 4.69) is 147 Å². The predicted molar refractivity (Wildman–Crippen MR) is 213 cm³/mol. The maximum absolute atomic E-state index is 5.34. The van der Waals surface area contributed by atoms with Gasteiger partial charge in [-0.05, 0) is 79.2 Å². The van der Waals surface area contributed by atoms with Gasteiger partial charge in [-0.25, -0.2) is 4.98 Å². The molecule has 1 aliphatic carbocycles. The monoisotopic (exact) mass is 654 g/mol. The van der Waals surface area contributed by atoms with Gasteiger partial charge < -0.3 is 0 Å². The summed E-state index contributed by atoms with van der Waals surface area (Å²) in [4.78, 5) is 10.1. The van der Waals surface area contributed by atoms with Crippen LogP contribution in [0.1, 0.15) is 25.0 Å². The van der Waals surface area contributed by atoms with Gasteiger partial charge in [-0.15, -0.1) is 11.3 Å². The lowest BCUT2D eigenvalue weighted by atomic mass is 9.80. The van der Waals surface area contributed by atoms with Crippen LogP contribution in [0.25, 0.3) is 97.0 Å². The number of hydrogen-bond acceptors (Lipinski definition) is 3. The Balaban J connectivity index is 1.16. The topological polar surface area (TPSA) is 25.8 Å². The molecule has 7 aromatic carbocycles. The summed E-state index contributed by atoms with van der Waals surface area (Å²) in [6, 6.07) is 51.2. The van der Waals surface area contributed by atoms with Gasteiger partial charge in [0.2, 0.25) is 0 Å². The van der Waals surface area contributed by atoms with E-state index >= 15 is 0 Å². The zero-order valence-electron chi connectivity index (χ0n) is 27.7. The van der Waals surface area contributed by atoms with E-state index in [-0.39, 0.29) is 5.41 Å². The quantitative estimate of drug-likeness (QED) is 0.137. The van der Waals surface area contributed by atoms with Crippen LogP contribution < -0.4 is 0 Å². The molecule has 0 radical (unpaired) electrons. The first-order valence-corrected chi connectivity index (χ1v) is 18.1. The molecule has 0 unspecified atom stereocenters. The second-order valence-electron chi connectivity index (χ2n) is 14.1. The Kier molecular flexibility index (Phi) is 5.64. The maximum atomic E-state index is 5.34. The van der Waals surface area contributed by atoms with Crippen LogP contribution in [0.15, 0.2) is 146 Å². The van der Waals surface area contributed by atoms with Gasteiger partial charge in [0.15, 0.2) is 0 Å². The molecular weight excluding hydrogens is 625 g/mol. The van der Waals surface area contributed by atoms with Crippen molar-refractivity contribution in [1.29, 1.82) is 0 Å². The van der Waals surface area contributed by atoms with E-state index in [4.69, 9.17) is 9.97 Å². The molecule has 0 aliphatic heterocycles. The van der Waals surface area contributed by atoms with Crippen molar-refractivity contribution < 1.29 is 0 Å². The number of pyridine rings is 2. The minimum absolute atomic E-state index is 0.140. The molecule has 2 nitrogen and oxygen atoms in total. The Hall–Kier alpha value is -5.90.